The van der Waals surface area contributed by atoms with E-state index in [0.29, 0.717) is 13.0 Å². The van der Waals surface area contributed by atoms with Gasteiger partial charge in [-0.2, -0.15) is 0 Å². The number of primary amides is 1. The van der Waals surface area contributed by atoms with Crippen molar-refractivity contribution in [3.8, 4) is 0 Å². The van der Waals surface area contributed by atoms with Gasteiger partial charge in [0.05, 0.1) is 0 Å². The molecule has 1 aromatic carbocycles. The molecule has 4 heteroatoms. The van der Waals surface area contributed by atoms with Crippen molar-refractivity contribution >= 4 is 5.91 Å². The quantitative estimate of drug-likeness (QED) is 0.863. The average Bonchev–Trinajstić information content (AvgIpc) is 2.86. The molecule has 3 rings (SSSR count). The molecule has 1 amide bonds. The molecule has 4 nitrogen and oxygen atoms in total. The number of fused-ring (bicyclic) bond motifs is 1. The summed E-state index contributed by atoms with van der Waals surface area (Å²) < 4.78 is 0. The van der Waals surface area contributed by atoms with Crippen LogP contribution in [0.25, 0.3) is 0 Å². The molecule has 3 N–H and O–H groups in total. The van der Waals surface area contributed by atoms with E-state index < -0.39 is 11.5 Å². The summed E-state index contributed by atoms with van der Waals surface area (Å²) in [6.07, 6.45) is 4.91. The lowest BCUT2D eigenvalue weighted by Crippen LogP contribution is -2.55. The van der Waals surface area contributed by atoms with Gasteiger partial charge in [-0.25, -0.2) is 0 Å². The van der Waals surface area contributed by atoms with Gasteiger partial charge in [0.25, 0.3) is 5.91 Å². The lowest BCUT2D eigenvalue weighted by molar-refractivity contribution is -0.142. The van der Waals surface area contributed by atoms with Crippen LogP contribution in [-0.2, 0) is 24.2 Å². The molecule has 1 heterocycles. The van der Waals surface area contributed by atoms with Gasteiger partial charge in [0.15, 0.2) is 5.60 Å². The topological polar surface area (TPSA) is 66.6 Å². The maximum absolute atomic E-state index is 11.4. The molecular weight excluding hydrogens is 252 g/mol. The zero-order valence-corrected chi connectivity index (χ0v) is 11.8. The lowest BCUT2D eigenvalue weighted by Gasteiger charge is -2.37. The summed E-state index contributed by atoms with van der Waals surface area (Å²) in [6.45, 7) is 2.04. The van der Waals surface area contributed by atoms with E-state index in [2.05, 4.69) is 23.1 Å². The molecule has 0 unspecified atom stereocenters. The van der Waals surface area contributed by atoms with E-state index in [1.54, 1.807) is 0 Å². The van der Waals surface area contributed by atoms with E-state index in [9.17, 15) is 9.90 Å². The van der Waals surface area contributed by atoms with Crippen LogP contribution in [0, 0.1) is 0 Å². The van der Waals surface area contributed by atoms with Crippen molar-refractivity contribution in [3.05, 3.63) is 34.9 Å². The first kappa shape index (κ1) is 13.6. The molecule has 0 aromatic heterocycles. The molecule has 1 aromatic rings. The van der Waals surface area contributed by atoms with Crippen molar-refractivity contribution in [2.45, 2.75) is 44.2 Å². The lowest BCUT2D eigenvalue weighted by atomic mass is 9.92. The Morgan fingerprint density at radius 1 is 1.30 bits per heavy atom. The van der Waals surface area contributed by atoms with E-state index in [1.165, 1.54) is 36.0 Å². The standard InChI is InChI=1S/C16H22N2O2/c17-15(19)16(20)7-2-8-18(11-16)10-12-5-6-13-3-1-4-14(13)9-12/h5-6,9,20H,1-4,7-8,10-11H2,(H2,17,19)/t16-/m1/s1. The summed E-state index contributed by atoms with van der Waals surface area (Å²) in [5.41, 5.74) is 8.16. The number of carbonyl (C=O) groups excluding carboxylic acids is 1. The molecule has 108 valence electrons. The van der Waals surface area contributed by atoms with Crippen LogP contribution in [0.2, 0.25) is 0 Å². The fraction of sp³-hybridized carbons (Fsp3) is 0.562. The second-order valence-electron chi connectivity index (χ2n) is 6.17. The van der Waals surface area contributed by atoms with Crippen LogP contribution in [0.3, 0.4) is 0 Å². The van der Waals surface area contributed by atoms with E-state index in [1.807, 2.05) is 0 Å². The van der Waals surface area contributed by atoms with Crippen LogP contribution in [0.5, 0.6) is 0 Å². The Balaban J connectivity index is 1.70. The van der Waals surface area contributed by atoms with Gasteiger partial charge in [-0.1, -0.05) is 18.2 Å². The molecule has 0 radical (unpaired) electrons. The number of rotatable bonds is 3. The number of nitrogens with two attached hydrogens (primary N) is 1. The van der Waals surface area contributed by atoms with Crippen molar-refractivity contribution in [2.24, 2.45) is 5.73 Å². The van der Waals surface area contributed by atoms with Gasteiger partial charge in [0.2, 0.25) is 0 Å². The Kier molecular flexibility index (Phi) is 3.52. The van der Waals surface area contributed by atoms with E-state index in [0.717, 1.165) is 19.5 Å². The third-order valence-corrected chi connectivity index (χ3v) is 4.58. The Morgan fingerprint density at radius 2 is 2.10 bits per heavy atom. The maximum Gasteiger partial charge on any atom is 0.250 e. The number of hydrogen-bond donors (Lipinski definition) is 2. The number of piperidine rings is 1. The minimum atomic E-state index is -1.35. The number of aliphatic hydroxyl groups is 1. The largest absolute Gasteiger partial charge is 0.379 e. The summed E-state index contributed by atoms with van der Waals surface area (Å²) in [4.78, 5) is 13.5. The molecule has 0 saturated carbocycles. The summed E-state index contributed by atoms with van der Waals surface area (Å²) >= 11 is 0. The smallest absolute Gasteiger partial charge is 0.250 e. The Bertz CT molecular complexity index is 529. The van der Waals surface area contributed by atoms with Gasteiger partial charge < -0.3 is 10.8 Å². The number of carbonyl (C=O) groups is 1. The third-order valence-electron chi connectivity index (χ3n) is 4.58. The van der Waals surface area contributed by atoms with Crippen molar-refractivity contribution < 1.29 is 9.90 Å². The van der Waals surface area contributed by atoms with Crippen LogP contribution >= 0.6 is 0 Å². The van der Waals surface area contributed by atoms with Crippen molar-refractivity contribution in [1.82, 2.24) is 4.90 Å². The molecule has 1 aliphatic heterocycles. The zero-order valence-electron chi connectivity index (χ0n) is 11.8. The molecular formula is C16H22N2O2. The summed E-state index contributed by atoms with van der Waals surface area (Å²) in [7, 11) is 0. The SMILES string of the molecule is NC(=O)[C@@]1(O)CCCN(Cc2ccc3c(c2)CCC3)C1. The van der Waals surface area contributed by atoms with Crippen LogP contribution in [0.1, 0.15) is 36.0 Å². The minimum Gasteiger partial charge on any atom is -0.379 e. The predicted molar refractivity (Wildman–Crippen MR) is 77.1 cm³/mol. The molecule has 1 saturated heterocycles. The van der Waals surface area contributed by atoms with Crippen LogP contribution in [0.15, 0.2) is 18.2 Å². The molecule has 0 bridgehead atoms. The summed E-state index contributed by atoms with van der Waals surface area (Å²) in [6, 6.07) is 6.67. The molecule has 2 aliphatic rings. The number of benzene rings is 1. The molecule has 1 aliphatic carbocycles. The highest BCUT2D eigenvalue weighted by atomic mass is 16.3. The number of aryl methyl sites for hydroxylation is 2. The van der Waals surface area contributed by atoms with Gasteiger partial charge in [-0.15, -0.1) is 0 Å². The first-order valence-corrected chi connectivity index (χ1v) is 7.42. The monoisotopic (exact) mass is 274 g/mol. The average molecular weight is 274 g/mol. The number of β-amino-alcohol motifs (C(OH)–C–C–N with tert-alkyl or cyclic N) is 1. The highest BCUT2D eigenvalue weighted by Gasteiger charge is 2.38. The maximum atomic E-state index is 11.4. The van der Waals surface area contributed by atoms with E-state index in [-0.39, 0.29) is 0 Å². The molecule has 1 fully saturated rings. The van der Waals surface area contributed by atoms with Gasteiger partial charge in [-0.3, -0.25) is 9.69 Å². The normalized spacial score (nSPS) is 26.4. The highest BCUT2D eigenvalue weighted by molar-refractivity contribution is 5.83. The van der Waals surface area contributed by atoms with Crippen LogP contribution < -0.4 is 5.73 Å². The first-order valence-electron chi connectivity index (χ1n) is 7.42. The molecule has 0 spiro atoms. The number of likely N-dealkylation sites (tertiary alicyclic amines) is 1. The first-order chi connectivity index (χ1) is 9.57. The van der Waals surface area contributed by atoms with Gasteiger partial charge >= 0.3 is 0 Å². The predicted octanol–water partition coefficient (Wildman–Crippen LogP) is 0.987. The van der Waals surface area contributed by atoms with Gasteiger partial charge in [-0.05, 0) is 55.3 Å². The van der Waals surface area contributed by atoms with Crippen LogP contribution in [-0.4, -0.2) is 34.6 Å². The van der Waals surface area contributed by atoms with Crippen molar-refractivity contribution in [3.63, 3.8) is 0 Å². The van der Waals surface area contributed by atoms with E-state index >= 15 is 0 Å². The summed E-state index contributed by atoms with van der Waals surface area (Å²) in [5.74, 6) is -0.601. The Labute approximate surface area is 119 Å². The highest BCUT2D eigenvalue weighted by Crippen LogP contribution is 2.25. The number of amides is 1. The molecule has 1 atom stereocenters. The number of hydrogen-bond acceptors (Lipinski definition) is 3. The Hall–Kier alpha value is -1.39. The van der Waals surface area contributed by atoms with Gasteiger partial charge in [0, 0.05) is 13.1 Å². The van der Waals surface area contributed by atoms with Crippen molar-refractivity contribution in [1.29, 1.82) is 0 Å². The fourth-order valence-electron chi connectivity index (χ4n) is 3.44. The van der Waals surface area contributed by atoms with Crippen LogP contribution in [0.4, 0.5) is 0 Å². The number of nitrogens with zero attached hydrogens (tertiary/aromatic N) is 1. The zero-order chi connectivity index (χ0) is 14.2. The second-order valence-corrected chi connectivity index (χ2v) is 6.17. The third kappa shape index (κ3) is 2.58. The Morgan fingerprint density at radius 3 is 2.90 bits per heavy atom. The van der Waals surface area contributed by atoms with Gasteiger partial charge in [0.1, 0.15) is 0 Å². The van der Waals surface area contributed by atoms with E-state index in [4.69, 9.17) is 5.73 Å². The van der Waals surface area contributed by atoms with Crippen molar-refractivity contribution in [2.75, 3.05) is 13.1 Å². The molecule has 20 heavy (non-hydrogen) atoms. The second kappa shape index (κ2) is 5.19. The fourth-order valence-corrected chi connectivity index (χ4v) is 3.44. The summed E-state index contributed by atoms with van der Waals surface area (Å²) in [5, 5.41) is 10.2. The minimum absolute atomic E-state index is 0.347.